The number of fused-ring (bicyclic) bond motifs is 3. The Kier molecular flexibility index (Phi) is 25.0. The number of rotatable bonds is 27. The zero-order valence-corrected chi connectivity index (χ0v) is 58.8. The van der Waals surface area contributed by atoms with E-state index in [-0.39, 0.29) is 23.5 Å². The number of nitrogens with zero attached hydrogens (tertiary/aromatic N) is 18. The fraction of sp³-hybridized carbons (Fsp3) is 0.529. The van der Waals surface area contributed by atoms with Gasteiger partial charge < -0.3 is 55.1 Å². The second-order valence-corrected chi connectivity index (χ2v) is 25.0. The molecule has 99 heavy (non-hydrogen) atoms. The first-order valence-electron chi connectivity index (χ1n) is 34.8. The van der Waals surface area contributed by atoms with E-state index in [0.29, 0.717) is 158 Å². The quantitative estimate of drug-likeness (QED) is 0.0299. The van der Waals surface area contributed by atoms with E-state index in [1.165, 1.54) is 0 Å². The molecule has 0 aliphatic carbocycles. The van der Waals surface area contributed by atoms with E-state index >= 15 is 0 Å². The lowest BCUT2D eigenvalue weighted by molar-refractivity contribution is -0.143. The lowest BCUT2D eigenvalue weighted by Gasteiger charge is -2.31. The van der Waals surface area contributed by atoms with Crippen LogP contribution in [0.2, 0.25) is 0 Å². The molecular formula is C70H95N21O8. The van der Waals surface area contributed by atoms with Gasteiger partial charge in [0.25, 0.3) is 0 Å². The number of hydrogen-bond donors (Lipinski definition) is 5. The summed E-state index contributed by atoms with van der Waals surface area (Å²) in [5, 5.41) is 43.3. The highest BCUT2D eigenvalue weighted by atomic mass is 16.5. The van der Waals surface area contributed by atoms with E-state index in [0.717, 1.165) is 118 Å². The van der Waals surface area contributed by atoms with E-state index in [4.69, 9.17) is 59.4 Å². The average molecular weight is 1360 g/mol. The number of aliphatic carboxylic acids is 2. The Hall–Kier alpha value is -9.61. The number of aryl methyl sites for hydroxylation is 6. The molecule has 0 spiro atoms. The normalized spacial score (nSPS) is 14.7. The number of carboxylic acids is 2. The standard InChI is InChI=1S/C24H33N7O2.2C23H31N7O3/c1-5-19-21-22(31(29-19)13-14-33-6-2)23(26-20-15-16(3)7-10-25-20)28-24(27-21)30-11-8-18(9-12-30)17(4)32;2*1-4-17-19-20(30(28-17)12-13-33-5-2)21(25-18-14-15(3)6-9-24-18)27-23(26-19)29-10-7-16(8-11-29)22(31)32/h7,10,15,18H,5-6,8-9,11-14H2,1-4H3,(H,25,26,27,28);2*6,9,14,16H,4-5,7-8,10-13H2,1-3H3,(H,31,32)(H,24,25,26,27). The van der Waals surface area contributed by atoms with Crippen LogP contribution in [0, 0.1) is 38.5 Å². The van der Waals surface area contributed by atoms with Gasteiger partial charge in [0.2, 0.25) is 17.8 Å². The van der Waals surface area contributed by atoms with Crippen LogP contribution in [-0.2, 0) is 67.5 Å². The molecule has 0 aromatic carbocycles. The third-order valence-electron chi connectivity index (χ3n) is 18.0. The highest BCUT2D eigenvalue weighted by Gasteiger charge is 2.31. The highest BCUT2D eigenvalue weighted by molar-refractivity contribution is 5.93. The topological polar surface area (TPSA) is 335 Å². The van der Waals surface area contributed by atoms with Crippen molar-refractivity contribution in [2.75, 3.05) is 110 Å². The number of ether oxygens (including phenoxy) is 3. The number of carbonyl (C=O) groups excluding carboxylic acids is 1. The Morgan fingerprint density at radius 1 is 0.444 bits per heavy atom. The first kappa shape index (κ1) is 72.1. The molecule has 12 heterocycles. The second-order valence-electron chi connectivity index (χ2n) is 25.0. The molecule has 5 N–H and O–H groups in total. The van der Waals surface area contributed by atoms with Crippen LogP contribution in [-0.4, -0.2) is 181 Å². The van der Waals surface area contributed by atoms with Gasteiger partial charge in [-0.3, -0.25) is 28.4 Å². The zero-order chi connectivity index (χ0) is 70.1. The predicted octanol–water partition coefficient (Wildman–Crippen LogP) is 10.0. The Labute approximate surface area is 576 Å². The molecular weight excluding hydrogens is 1260 g/mol. The van der Waals surface area contributed by atoms with E-state index in [1.807, 2.05) is 92.0 Å². The molecule has 9 aromatic rings. The average Bonchev–Trinajstić information content (AvgIpc) is 1.38. The van der Waals surface area contributed by atoms with Gasteiger partial charge in [0.05, 0.1) is 68.4 Å². The highest BCUT2D eigenvalue weighted by Crippen LogP contribution is 2.35. The summed E-state index contributed by atoms with van der Waals surface area (Å²) in [7, 11) is 0. The molecule has 0 bridgehead atoms. The van der Waals surface area contributed by atoms with Gasteiger partial charge in [0, 0.05) is 83.6 Å². The lowest BCUT2D eigenvalue weighted by Crippen LogP contribution is -2.37. The van der Waals surface area contributed by atoms with Crippen LogP contribution < -0.4 is 30.7 Å². The van der Waals surface area contributed by atoms with Crippen molar-refractivity contribution < 1.29 is 38.8 Å². The molecule has 0 unspecified atom stereocenters. The maximum atomic E-state index is 11.8. The Bertz CT molecular complexity index is 3790. The first-order valence-corrected chi connectivity index (χ1v) is 34.8. The zero-order valence-electron chi connectivity index (χ0n) is 58.8. The van der Waals surface area contributed by atoms with Gasteiger partial charge in [-0.05, 0) is 159 Å². The van der Waals surface area contributed by atoms with Gasteiger partial charge in [-0.15, -0.1) is 0 Å². The van der Waals surface area contributed by atoms with Gasteiger partial charge in [0.15, 0.2) is 17.5 Å². The molecule has 9 aromatic heterocycles. The molecule has 0 radical (unpaired) electrons. The molecule has 29 nitrogen and oxygen atoms in total. The minimum atomic E-state index is -0.734. The van der Waals surface area contributed by atoms with Crippen molar-refractivity contribution >= 4 is 104 Å². The van der Waals surface area contributed by atoms with E-state index in [2.05, 4.69) is 66.4 Å². The summed E-state index contributed by atoms with van der Waals surface area (Å²) < 4.78 is 22.5. The number of pyridine rings is 3. The predicted molar refractivity (Wildman–Crippen MR) is 381 cm³/mol. The summed E-state index contributed by atoms with van der Waals surface area (Å²) in [6.45, 7) is 29.2. The lowest BCUT2D eigenvalue weighted by atomic mass is 9.93. The number of hydrogen-bond acceptors (Lipinski definition) is 24. The monoisotopic (exact) mass is 1360 g/mol. The maximum Gasteiger partial charge on any atom is 0.306 e. The smallest absolute Gasteiger partial charge is 0.306 e. The summed E-state index contributed by atoms with van der Waals surface area (Å²) in [6, 6.07) is 11.8. The molecule has 0 atom stereocenters. The van der Waals surface area contributed by atoms with Crippen LogP contribution in [0.5, 0.6) is 0 Å². The largest absolute Gasteiger partial charge is 0.481 e. The van der Waals surface area contributed by atoms with Crippen molar-refractivity contribution in [3.05, 3.63) is 88.8 Å². The maximum absolute atomic E-state index is 11.8. The summed E-state index contributed by atoms with van der Waals surface area (Å²) >= 11 is 0. The minimum absolute atomic E-state index is 0.131. The minimum Gasteiger partial charge on any atom is -0.481 e. The Morgan fingerprint density at radius 2 is 0.727 bits per heavy atom. The van der Waals surface area contributed by atoms with Gasteiger partial charge in [-0.1, -0.05) is 20.8 Å². The van der Waals surface area contributed by atoms with E-state index in [9.17, 15) is 24.6 Å². The van der Waals surface area contributed by atoms with E-state index < -0.39 is 11.9 Å². The summed E-state index contributed by atoms with van der Waals surface area (Å²) in [5.74, 6) is 4.21. The molecule has 3 saturated heterocycles. The van der Waals surface area contributed by atoms with Gasteiger partial charge in [-0.25, -0.2) is 29.9 Å². The number of carboxylic acid groups (broad SMARTS) is 2. The van der Waals surface area contributed by atoms with Crippen LogP contribution in [0.4, 0.5) is 52.8 Å². The van der Waals surface area contributed by atoms with Crippen LogP contribution in [0.25, 0.3) is 33.1 Å². The van der Waals surface area contributed by atoms with Crippen LogP contribution >= 0.6 is 0 Å². The van der Waals surface area contributed by atoms with Crippen LogP contribution in [0.1, 0.15) is 121 Å². The van der Waals surface area contributed by atoms with Gasteiger partial charge in [-0.2, -0.15) is 30.2 Å². The Morgan fingerprint density at radius 3 is 0.970 bits per heavy atom. The van der Waals surface area contributed by atoms with Crippen molar-refractivity contribution in [2.24, 2.45) is 17.8 Å². The molecule has 3 aliphatic heterocycles. The van der Waals surface area contributed by atoms with E-state index in [1.54, 1.807) is 25.5 Å². The molecule has 3 aliphatic rings. The molecule has 528 valence electrons. The summed E-state index contributed by atoms with van der Waals surface area (Å²) in [4.78, 5) is 83.6. The SMILES string of the molecule is CCOCCn1nc(CC)c2nc(N3CCC(C(=O)O)CC3)nc(Nc3cc(C)ccn3)c21.CCOCCn1nc(CC)c2nc(N3CCC(C(=O)O)CC3)nc(Nc3cc(C)ccn3)c21.CCOCCn1nc(CC)c2nc(N3CCC(C(C)=O)CC3)nc(Nc3cc(C)ccn3)c21. The summed E-state index contributed by atoms with van der Waals surface area (Å²) in [6.07, 6.45) is 11.5. The molecule has 12 rings (SSSR count). The van der Waals surface area contributed by atoms with Crippen molar-refractivity contribution in [3.63, 3.8) is 0 Å². The second kappa shape index (κ2) is 34.2. The third kappa shape index (κ3) is 18.0. The number of Topliss-reactive ketones (excluding diaryl/α,β-unsaturated/α-hetero) is 1. The van der Waals surface area contributed by atoms with Crippen molar-refractivity contribution in [2.45, 2.75) is 147 Å². The molecule has 0 amide bonds. The van der Waals surface area contributed by atoms with Crippen molar-refractivity contribution in [3.8, 4) is 0 Å². The number of nitrogens with one attached hydrogen (secondary N) is 3. The molecule has 3 fully saturated rings. The fourth-order valence-electron chi connectivity index (χ4n) is 12.5. The van der Waals surface area contributed by atoms with Crippen LogP contribution in [0.15, 0.2) is 55.0 Å². The Balaban J connectivity index is 0.000000161. The number of carbonyl (C=O) groups is 3. The number of piperidine rings is 3. The van der Waals surface area contributed by atoms with Crippen molar-refractivity contribution in [1.29, 1.82) is 0 Å². The number of anilines is 9. The van der Waals surface area contributed by atoms with Gasteiger partial charge >= 0.3 is 11.9 Å². The van der Waals surface area contributed by atoms with Crippen LogP contribution in [0.3, 0.4) is 0 Å². The number of aromatic nitrogens is 15. The third-order valence-corrected chi connectivity index (χ3v) is 18.0. The fourth-order valence-corrected chi connectivity index (χ4v) is 12.5. The van der Waals surface area contributed by atoms with Crippen molar-refractivity contribution in [1.82, 2.24) is 74.2 Å². The molecule has 29 heteroatoms. The molecule has 0 saturated carbocycles. The first-order chi connectivity index (χ1) is 48.0. The number of ketones is 1. The summed E-state index contributed by atoms with van der Waals surface area (Å²) in [5.41, 5.74) is 11.0. The van der Waals surface area contributed by atoms with Gasteiger partial charge in [0.1, 0.15) is 56.3 Å².